The lowest BCUT2D eigenvalue weighted by molar-refractivity contribution is -0.145. The molecule has 0 aromatic rings. The van der Waals surface area contributed by atoms with Gasteiger partial charge >= 0.3 is 11.9 Å². The van der Waals surface area contributed by atoms with Gasteiger partial charge in [-0.25, -0.2) is 4.79 Å². The van der Waals surface area contributed by atoms with Gasteiger partial charge < -0.3 is 30.0 Å². The fraction of sp³-hybridized carbons (Fsp3) is 0.682. The lowest BCUT2D eigenvalue weighted by atomic mass is 9.81. The molecule has 1 amide bonds. The number of carbonyl (C=O) groups is 3. The first-order chi connectivity index (χ1) is 15.0. The van der Waals surface area contributed by atoms with Crippen molar-refractivity contribution in [3.05, 3.63) is 24.4 Å². The number of fused-ring (bicyclic) bond motifs is 1. The van der Waals surface area contributed by atoms with E-state index in [0.29, 0.717) is 24.8 Å². The Morgan fingerprint density at radius 2 is 1.90 bits per heavy atom. The summed E-state index contributed by atoms with van der Waals surface area (Å²) in [5, 5.41) is 16.2. The standard InChI is InChI=1S/C22H34N2O7/c1-2-21(27)30-12-10-29-11-13-31-22(28)9-5-8-19(25)24-20(26)14-16-15-23-18-7-4-3-6-17(16)18/h2,15,17-18,20,23,26H,1,3-14H2,(H,24,25). The molecule has 0 spiro atoms. The normalized spacial score (nSPS) is 20.6. The van der Waals surface area contributed by atoms with Gasteiger partial charge in [0.25, 0.3) is 0 Å². The van der Waals surface area contributed by atoms with Crippen LogP contribution in [0.3, 0.4) is 0 Å². The van der Waals surface area contributed by atoms with Crippen molar-refractivity contribution in [1.82, 2.24) is 10.6 Å². The van der Waals surface area contributed by atoms with Gasteiger partial charge in [0.05, 0.1) is 13.2 Å². The molecule has 0 saturated heterocycles. The molecular formula is C22H34N2O7. The second-order valence-corrected chi connectivity index (χ2v) is 7.73. The van der Waals surface area contributed by atoms with Crippen molar-refractivity contribution in [3.63, 3.8) is 0 Å². The van der Waals surface area contributed by atoms with Crippen molar-refractivity contribution in [2.45, 2.75) is 63.6 Å². The average molecular weight is 439 g/mol. The summed E-state index contributed by atoms with van der Waals surface area (Å²) in [6.45, 7) is 3.86. The molecule has 174 valence electrons. The number of carbonyl (C=O) groups excluding carboxylic acids is 3. The van der Waals surface area contributed by atoms with Crippen LogP contribution < -0.4 is 10.6 Å². The van der Waals surface area contributed by atoms with E-state index >= 15 is 0 Å². The molecule has 1 aliphatic heterocycles. The quantitative estimate of drug-likeness (QED) is 0.161. The summed E-state index contributed by atoms with van der Waals surface area (Å²) >= 11 is 0. The van der Waals surface area contributed by atoms with Crippen molar-refractivity contribution in [1.29, 1.82) is 0 Å². The highest BCUT2D eigenvalue weighted by molar-refractivity contribution is 5.81. The number of hydrogen-bond acceptors (Lipinski definition) is 8. The molecule has 1 fully saturated rings. The summed E-state index contributed by atoms with van der Waals surface area (Å²) in [7, 11) is 0. The Morgan fingerprint density at radius 3 is 2.68 bits per heavy atom. The second-order valence-electron chi connectivity index (χ2n) is 7.73. The number of aliphatic hydroxyl groups is 1. The van der Waals surface area contributed by atoms with E-state index in [4.69, 9.17) is 14.2 Å². The van der Waals surface area contributed by atoms with E-state index in [9.17, 15) is 19.5 Å². The summed E-state index contributed by atoms with van der Waals surface area (Å²) in [5.74, 6) is -0.761. The zero-order valence-corrected chi connectivity index (χ0v) is 18.0. The monoisotopic (exact) mass is 438 g/mol. The maximum Gasteiger partial charge on any atom is 0.330 e. The molecule has 0 aromatic carbocycles. The van der Waals surface area contributed by atoms with Crippen LogP contribution in [-0.2, 0) is 28.6 Å². The molecule has 0 bridgehead atoms. The van der Waals surface area contributed by atoms with E-state index in [1.807, 2.05) is 6.20 Å². The zero-order chi connectivity index (χ0) is 22.5. The highest BCUT2D eigenvalue weighted by atomic mass is 16.6. The summed E-state index contributed by atoms with van der Waals surface area (Å²) in [4.78, 5) is 34.5. The van der Waals surface area contributed by atoms with Crippen LogP contribution in [0.25, 0.3) is 0 Å². The lowest BCUT2D eigenvalue weighted by Gasteiger charge is -2.28. The molecule has 9 nitrogen and oxygen atoms in total. The van der Waals surface area contributed by atoms with E-state index < -0.39 is 18.2 Å². The van der Waals surface area contributed by atoms with Gasteiger partial charge in [0.2, 0.25) is 5.91 Å². The highest BCUT2D eigenvalue weighted by Crippen LogP contribution is 2.35. The molecule has 2 aliphatic rings. The molecule has 31 heavy (non-hydrogen) atoms. The number of rotatable bonds is 14. The number of aliphatic hydroxyl groups excluding tert-OH is 1. The van der Waals surface area contributed by atoms with Crippen LogP contribution >= 0.6 is 0 Å². The molecule has 9 heteroatoms. The Labute approximate surface area is 183 Å². The maximum absolute atomic E-state index is 12.0. The van der Waals surface area contributed by atoms with Gasteiger partial charge in [0.15, 0.2) is 0 Å². The minimum atomic E-state index is -0.920. The number of nitrogens with one attached hydrogen (secondary N) is 2. The molecule has 0 radical (unpaired) electrons. The molecule has 2 rings (SSSR count). The van der Waals surface area contributed by atoms with Gasteiger partial charge in [-0.15, -0.1) is 0 Å². The molecule has 3 unspecified atom stereocenters. The van der Waals surface area contributed by atoms with E-state index in [1.54, 1.807) is 0 Å². The number of amides is 1. The predicted octanol–water partition coefficient (Wildman–Crippen LogP) is 1.32. The van der Waals surface area contributed by atoms with E-state index in [0.717, 1.165) is 18.9 Å². The molecule has 1 saturated carbocycles. The zero-order valence-electron chi connectivity index (χ0n) is 18.0. The van der Waals surface area contributed by atoms with Gasteiger partial charge in [0.1, 0.15) is 19.4 Å². The van der Waals surface area contributed by atoms with Crippen molar-refractivity contribution < 1.29 is 33.7 Å². The molecule has 3 atom stereocenters. The van der Waals surface area contributed by atoms with Crippen LogP contribution in [0.2, 0.25) is 0 Å². The summed E-state index contributed by atoms with van der Waals surface area (Å²) in [6, 6.07) is 0.470. The average Bonchev–Trinajstić information content (AvgIpc) is 3.15. The van der Waals surface area contributed by atoms with Gasteiger partial charge in [-0.3, -0.25) is 9.59 Å². The summed E-state index contributed by atoms with van der Waals surface area (Å²) in [5.41, 5.74) is 1.17. The van der Waals surface area contributed by atoms with Crippen LogP contribution in [0.1, 0.15) is 51.4 Å². The summed E-state index contributed by atoms with van der Waals surface area (Å²) in [6.07, 6.45) is 7.87. The van der Waals surface area contributed by atoms with E-state index in [-0.39, 0.29) is 45.2 Å². The fourth-order valence-electron chi connectivity index (χ4n) is 3.88. The Bertz CT molecular complexity index is 650. The molecule has 3 N–H and O–H groups in total. The maximum atomic E-state index is 12.0. The third-order valence-electron chi connectivity index (χ3n) is 5.40. The Hall–Kier alpha value is -2.39. The Kier molecular flexibility index (Phi) is 11.1. The first-order valence-corrected chi connectivity index (χ1v) is 10.9. The first-order valence-electron chi connectivity index (χ1n) is 10.9. The third-order valence-corrected chi connectivity index (χ3v) is 5.40. The third kappa shape index (κ3) is 9.52. The van der Waals surface area contributed by atoms with Crippen LogP contribution in [-0.4, -0.2) is 61.6 Å². The van der Waals surface area contributed by atoms with Gasteiger partial charge in [-0.2, -0.15) is 0 Å². The highest BCUT2D eigenvalue weighted by Gasteiger charge is 2.32. The molecule has 1 heterocycles. The number of esters is 2. The van der Waals surface area contributed by atoms with Crippen LogP contribution in [0, 0.1) is 5.92 Å². The second kappa shape index (κ2) is 13.8. The number of hydrogen-bond donors (Lipinski definition) is 3. The van der Waals surface area contributed by atoms with Gasteiger partial charge in [0, 0.05) is 37.3 Å². The topological polar surface area (TPSA) is 123 Å². The van der Waals surface area contributed by atoms with Crippen LogP contribution in [0.5, 0.6) is 0 Å². The molecule has 1 aliphatic carbocycles. The lowest BCUT2D eigenvalue weighted by Crippen LogP contribution is -2.36. The SMILES string of the molecule is C=CC(=O)OCCOCCOC(=O)CCCC(=O)NC(O)CC1=CNC2CCCCC12. The smallest absolute Gasteiger partial charge is 0.330 e. The van der Waals surface area contributed by atoms with Crippen molar-refractivity contribution in [3.8, 4) is 0 Å². The predicted molar refractivity (Wildman–Crippen MR) is 113 cm³/mol. The van der Waals surface area contributed by atoms with Gasteiger partial charge in [-0.1, -0.05) is 19.4 Å². The molecular weight excluding hydrogens is 404 g/mol. The van der Waals surface area contributed by atoms with Gasteiger partial charge in [-0.05, 0) is 31.0 Å². The van der Waals surface area contributed by atoms with Crippen molar-refractivity contribution in [2.24, 2.45) is 5.92 Å². The Morgan fingerprint density at radius 1 is 1.16 bits per heavy atom. The first kappa shape index (κ1) is 24.9. The fourth-order valence-corrected chi connectivity index (χ4v) is 3.88. The summed E-state index contributed by atoms with van der Waals surface area (Å²) < 4.78 is 14.9. The minimum Gasteiger partial charge on any atom is -0.463 e. The molecule has 0 aromatic heterocycles. The van der Waals surface area contributed by atoms with Crippen molar-refractivity contribution >= 4 is 17.8 Å². The van der Waals surface area contributed by atoms with E-state index in [2.05, 4.69) is 17.2 Å². The van der Waals surface area contributed by atoms with Crippen LogP contribution in [0.15, 0.2) is 24.4 Å². The van der Waals surface area contributed by atoms with E-state index in [1.165, 1.54) is 18.4 Å². The minimum absolute atomic E-state index is 0.0878. The Balaban J connectivity index is 1.47. The van der Waals surface area contributed by atoms with Crippen LogP contribution in [0.4, 0.5) is 0 Å². The van der Waals surface area contributed by atoms with Crippen molar-refractivity contribution in [2.75, 3.05) is 26.4 Å². The largest absolute Gasteiger partial charge is 0.463 e. The number of ether oxygens (including phenoxy) is 3.